The largest absolute Gasteiger partial charge is 1.00 e. The molecule has 1 saturated heterocycles. The Morgan fingerprint density at radius 1 is 0.571 bits per heavy atom. The van der Waals surface area contributed by atoms with Crippen molar-refractivity contribution in [3.05, 3.63) is 0 Å². The predicted octanol–water partition coefficient (Wildman–Crippen LogP) is 6.85. The van der Waals surface area contributed by atoms with E-state index in [4.69, 9.17) is 28.0 Å². The van der Waals surface area contributed by atoms with E-state index in [9.17, 15) is 44.6 Å². The number of nitrogens with zero attached hydrogens (tertiary/aromatic N) is 1. The summed E-state index contributed by atoms with van der Waals surface area (Å²) in [7, 11) is -4.62. The average Bonchev–Trinajstić information content (AvgIpc) is 3.33. The van der Waals surface area contributed by atoms with E-state index in [2.05, 4.69) is 18.8 Å². The van der Waals surface area contributed by atoms with E-state index >= 15 is 0 Å². The Labute approximate surface area is 445 Å². The van der Waals surface area contributed by atoms with Gasteiger partial charge in [0.25, 0.3) is 0 Å². The van der Waals surface area contributed by atoms with Crippen molar-refractivity contribution in [2.24, 2.45) is 4.99 Å². The minimum absolute atomic E-state index is 0. The maximum atomic E-state index is 12.8. The fraction of sp³-hybridized carbons (Fsp3) is 0.942. The van der Waals surface area contributed by atoms with Gasteiger partial charge in [-0.25, -0.2) is 4.57 Å². The van der Waals surface area contributed by atoms with Gasteiger partial charge in [-0.2, -0.15) is 0 Å². The molecule has 408 valence electrons. The second-order valence-corrected chi connectivity index (χ2v) is 20.5. The van der Waals surface area contributed by atoms with Crippen molar-refractivity contribution in [3.8, 4) is 0 Å². The number of hydrogen-bond donors (Lipinski definition) is 5. The molecule has 0 radical (unpaired) electrons. The number of carbonyl (C=O) groups is 2. The summed E-state index contributed by atoms with van der Waals surface area (Å²) in [4.78, 5) is 39.7. The van der Waals surface area contributed by atoms with Crippen LogP contribution in [0.5, 0.6) is 0 Å². The van der Waals surface area contributed by atoms with Crippen molar-refractivity contribution in [1.82, 2.24) is 0 Å². The summed E-state index contributed by atoms with van der Waals surface area (Å²) >= 11 is 0. The van der Waals surface area contributed by atoms with Gasteiger partial charge in [0.15, 0.2) is 12.4 Å². The summed E-state index contributed by atoms with van der Waals surface area (Å²) in [5.41, 5.74) is 0. The van der Waals surface area contributed by atoms with Crippen molar-refractivity contribution >= 4 is 25.7 Å². The minimum atomic E-state index is -4.62. The molecule has 1 aliphatic rings. The second kappa shape index (κ2) is 48.0. The number of phosphoric ester groups is 1. The van der Waals surface area contributed by atoms with Gasteiger partial charge in [0.1, 0.15) is 31.0 Å². The van der Waals surface area contributed by atoms with Gasteiger partial charge >= 0.3 is 49.3 Å². The Hall–Kier alpha value is -0.720. The van der Waals surface area contributed by atoms with Crippen LogP contribution in [-0.2, 0) is 42.1 Å². The molecule has 5 N–H and O–H groups in total. The van der Waals surface area contributed by atoms with Crippen LogP contribution in [0.2, 0.25) is 0 Å². The molecule has 0 aromatic heterocycles. The van der Waals surface area contributed by atoms with Gasteiger partial charge in [-0.05, 0) is 38.0 Å². The number of phosphoric acid groups is 1. The number of unbranched alkanes of at least 4 members (excludes halogenated alkanes) is 29. The van der Waals surface area contributed by atoms with Crippen LogP contribution in [0.15, 0.2) is 4.99 Å². The molecule has 0 spiro atoms. The summed E-state index contributed by atoms with van der Waals surface area (Å²) in [6, 6.07) is 0. The van der Waals surface area contributed by atoms with Crippen LogP contribution in [-0.4, -0.2) is 120 Å². The third kappa shape index (κ3) is 39.7. The van der Waals surface area contributed by atoms with E-state index in [0.717, 1.165) is 64.2 Å². The van der Waals surface area contributed by atoms with Crippen LogP contribution in [0, 0.1) is 0 Å². The molecule has 0 saturated carbocycles. The summed E-state index contributed by atoms with van der Waals surface area (Å²) < 4.78 is 44.7. The van der Waals surface area contributed by atoms with Crippen LogP contribution in [0.25, 0.3) is 0 Å². The Balaban J connectivity index is 0.0000476. The molecule has 0 aliphatic carbocycles. The molecule has 1 heterocycles. The van der Waals surface area contributed by atoms with Gasteiger partial charge < -0.3 is 54.4 Å². The smallest absolute Gasteiger partial charge is 0.862 e. The van der Waals surface area contributed by atoms with Gasteiger partial charge in [0, 0.05) is 19.4 Å². The molecular weight excluding hydrogens is 933 g/mol. The first kappa shape index (κ1) is 69.3. The number of aliphatic imine (C=N–C) groups is 1. The van der Waals surface area contributed by atoms with Crippen LogP contribution >= 0.6 is 7.82 Å². The van der Waals surface area contributed by atoms with Crippen LogP contribution in [0.4, 0.5) is 0 Å². The van der Waals surface area contributed by atoms with E-state index in [1.807, 2.05) is 0 Å². The van der Waals surface area contributed by atoms with Gasteiger partial charge in [-0.1, -0.05) is 194 Å². The normalized spacial score (nSPS) is 19.6. The van der Waals surface area contributed by atoms with E-state index in [1.165, 1.54) is 116 Å². The van der Waals surface area contributed by atoms with E-state index in [1.54, 1.807) is 0 Å². The monoisotopic (exact) mass is 1030 g/mol. The van der Waals surface area contributed by atoms with Crippen molar-refractivity contribution in [2.75, 3.05) is 39.6 Å². The Kier molecular flexibility index (Phi) is 47.5. The topological polar surface area (TPSA) is 243 Å². The number of ether oxygens (including phenoxy) is 4. The second-order valence-electron chi connectivity index (χ2n) is 19.1. The predicted molar refractivity (Wildman–Crippen MR) is 268 cm³/mol. The third-order valence-corrected chi connectivity index (χ3v) is 13.7. The van der Waals surface area contributed by atoms with E-state index in [-0.39, 0.29) is 81.1 Å². The molecule has 0 amide bonds. The van der Waals surface area contributed by atoms with Gasteiger partial charge in [0.2, 0.25) is 0 Å². The molecule has 1 fully saturated rings. The fourth-order valence-electron chi connectivity index (χ4n) is 8.30. The van der Waals surface area contributed by atoms with Crippen LogP contribution in [0.3, 0.4) is 0 Å². The molecule has 7 atom stereocenters. The zero-order valence-corrected chi connectivity index (χ0v) is 47.1. The van der Waals surface area contributed by atoms with Gasteiger partial charge in [-0.3, -0.25) is 18.6 Å². The molecule has 16 nitrogen and oxygen atoms in total. The number of hydrogen-bond acceptors (Lipinski definition) is 15. The summed E-state index contributed by atoms with van der Waals surface area (Å²) in [5, 5.41) is 51.4. The number of esters is 2. The van der Waals surface area contributed by atoms with E-state index in [0.29, 0.717) is 25.7 Å². The summed E-state index contributed by atoms with van der Waals surface area (Å²) in [5.74, 6) is -1.27. The average molecular weight is 1030 g/mol. The molecular formula is C52H99NNaO15P. The van der Waals surface area contributed by atoms with E-state index < -0.39 is 69.8 Å². The molecule has 70 heavy (non-hydrogen) atoms. The Morgan fingerprint density at radius 3 is 1.47 bits per heavy atom. The molecule has 1 aliphatic heterocycles. The first-order chi connectivity index (χ1) is 33.4. The maximum Gasteiger partial charge on any atom is 1.00 e. The summed E-state index contributed by atoms with van der Waals surface area (Å²) in [6.45, 7) is 2.89. The molecule has 0 bridgehead atoms. The number of rotatable bonds is 49. The number of aliphatic hydroxyl groups excluding tert-OH is 4. The van der Waals surface area contributed by atoms with Crippen molar-refractivity contribution in [2.45, 2.75) is 275 Å². The summed E-state index contributed by atoms with van der Waals surface area (Å²) in [6.07, 6.45) is 28.5. The van der Waals surface area contributed by atoms with Crippen molar-refractivity contribution < 1.29 is 102 Å². The van der Waals surface area contributed by atoms with Gasteiger partial charge in [-0.15, -0.1) is 0 Å². The quantitative estimate of drug-likeness (QED) is 0.0105. The third-order valence-electron chi connectivity index (χ3n) is 12.7. The zero-order valence-electron chi connectivity index (χ0n) is 44.2. The SMILES string of the molecule is CCCCCCCCCCCCCCCC(=O)OC[C@H](COP(=O)(O)OCCN=C([O-])CCCCCCCCO[C@H]1O[C@H](CO)[C@@H](O)[C@H](O)[C@@H]1O)OC(=O)CCCCCCCCCCCCCCC.[Na+]. The first-order valence-electron chi connectivity index (χ1n) is 27.5. The Morgan fingerprint density at radius 2 is 1.00 bits per heavy atom. The van der Waals surface area contributed by atoms with Crippen LogP contribution < -0.4 is 34.7 Å². The Bertz CT molecular complexity index is 1300. The van der Waals surface area contributed by atoms with Crippen molar-refractivity contribution in [1.29, 1.82) is 0 Å². The fourth-order valence-corrected chi connectivity index (χ4v) is 9.04. The minimum Gasteiger partial charge on any atom is -0.862 e. The number of carbonyl (C=O) groups excluding carboxylic acids is 2. The molecule has 1 rings (SSSR count). The number of aliphatic hydroxyl groups is 4. The molecule has 18 heteroatoms. The van der Waals surface area contributed by atoms with Crippen LogP contribution in [0.1, 0.15) is 239 Å². The van der Waals surface area contributed by atoms with Crippen molar-refractivity contribution in [3.63, 3.8) is 0 Å². The standard InChI is InChI=1S/C52H100NO15P.Na/c1-3-5-7-9-11-13-15-17-19-21-23-28-32-36-47(56)64-42-44(67-48(57)37-33-29-24-22-20-18-16-14-12-10-8-6-4-2)43-66-69(61,62)65-40-38-53-46(55)35-31-27-25-26-30-34-39-63-52-51(60)50(59)49(58)45(41-54)68-52;/h44-45,49-52,54,58-60H,3-43H2,1-2H3,(H,53,55)(H,61,62);/q;+1/p-1/t44-,45-,49-,50+,51+,52+;/m1./s1. The zero-order chi connectivity index (χ0) is 50.6. The molecule has 0 aromatic carbocycles. The first-order valence-corrected chi connectivity index (χ1v) is 29.0. The van der Waals surface area contributed by atoms with Gasteiger partial charge in [0.05, 0.1) is 26.4 Å². The molecule has 1 unspecified atom stereocenters. The molecule has 0 aromatic rings. The maximum absolute atomic E-state index is 12.8.